The van der Waals surface area contributed by atoms with Crippen LogP contribution >= 0.6 is 0 Å². The highest BCUT2D eigenvalue weighted by Gasteiger charge is 2.32. The van der Waals surface area contributed by atoms with Gasteiger partial charge in [0.2, 0.25) is 0 Å². The Balaban J connectivity index is 2.88. The van der Waals surface area contributed by atoms with Crippen LogP contribution in [0, 0.1) is 12.7 Å². The molecule has 0 aliphatic rings. The standard InChI is InChI=1S/C19H34FN/c1-6-8-10-12-14-19(4,13-11-9-7-2)18-17(20)16(3)15-21(18)5/h15H,6-14H2,1-5H3. The average Bonchev–Trinajstić information content (AvgIpc) is 2.69. The number of aryl methyl sites for hydroxylation is 2. The van der Waals surface area contributed by atoms with E-state index in [-0.39, 0.29) is 11.2 Å². The van der Waals surface area contributed by atoms with E-state index in [1.807, 2.05) is 24.7 Å². The third-order valence-corrected chi connectivity index (χ3v) is 4.78. The van der Waals surface area contributed by atoms with Gasteiger partial charge in [0.1, 0.15) is 5.82 Å². The van der Waals surface area contributed by atoms with Crippen molar-refractivity contribution in [2.75, 3.05) is 0 Å². The Labute approximate surface area is 130 Å². The van der Waals surface area contributed by atoms with E-state index in [2.05, 4.69) is 20.8 Å². The number of aromatic nitrogens is 1. The molecule has 0 saturated heterocycles. The smallest absolute Gasteiger partial charge is 0.147 e. The lowest BCUT2D eigenvalue weighted by atomic mass is 9.76. The van der Waals surface area contributed by atoms with Crippen molar-refractivity contribution in [1.29, 1.82) is 0 Å². The lowest BCUT2D eigenvalue weighted by molar-refractivity contribution is 0.335. The van der Waals surface area contributed by atoms with Crippen molar-refractivity contribution in [3.8, 4) is 0 Å². The minimum absolute atomic E-state index is 0.0179. The van der Waals surface area contributed by atoms with E-state index >= 15 is 0 Å². The molecule has 0 aliphatic heterocycles. The van der Waals surface area contributed by atoms with Crippen LogP contribution in [0.25, 0.3) is 0 Å². The maximum Gasteiger partial charge on any atom is 0.147 e. The molecule has 1 nitrogen and oxygen atoms in total. The highest BCUT2D eigenvalue weighted by molar-refractivity contribution is 5.27. The third-order valence-electron chi connectivity index (χ3n) is 4.78. The Morgan fingerprint density at radius 2 is 1.52 bits per heavy atom. The summed E-state index contributed by atoms with van der Waals surface area (Å²) in [7, 11) is 2.00. The predicted octanol–water partition coefficient (Wildman–Crippen LogP) is 6.28. The molecule has 0 N–H and O–H groups in total. The van der Waals surface area contributed by atoms with Crippen LogP contribution in [0.4, 0.5) is 4.39 Å². The first kappa shape index (κ1) is 18.3. The number of hydrogen-bond acceptors (Lipinski definition) is 0. The summed E-state index contributed by atoms with van der Waals surface area (Å²) < 4.78 is 16.6. The molecule has 0 amide bonds. The van der Waals surface area contributed by atoms with Gasteiger partial charge in [-0.2, -0.15) is 0 Å². The second-order valence-electron chi connectivity index (χ2n) is 6.91. The molecule has 1 aromatic heterocycles. The summed E-state index contributed by atoms with van der Waals surface area (Å²) >= 11 is 0. The molecular formula is C19H34FN. The lowest BCUT2D eigenvalue weighted by Crippen LogP contribution is -2.26. The van der Waals surface area contributed by atoms with Gasteiger partial charge >= 0.3 is 0 Å². The largest absolute Gasteiger partial charge is 0.351 e. The minimum atomic E-state index is -0.0179. The number of unbranched alkanes of at least 4 members (excludes halogenated alkanes) is 5. The Morgan fingerprint density at radius 3 is 2.00 bits per heavy atom. The summed E-state index contributed by atoms with van der Waals surface area (Å²) in [6, 6.07) is 0. The first-order valence-corrected chi connectivity index (χ1v) is 8.78. The van der Waals surface area contributed by atoms with Crippen LogP contribution in [0.1, 0.15) is 89.8 Å². The molecule has 1 unspecified atom stereocenters. The Hall–Kier alpha value is -0.790. The fraction of sp³-hybridized carbons (Fsp3) is 0.789. The summed E-state index contributed by atoms with van der Waals surface area (Å²) in [5.41, 5.74) is 1.69. The van der Waals surface area contributed by atoms with Gasteiger partial charge in [-0.3, -0.25) is 0 Å². The summed E-state index contributed by atoms with van der Waals surface area (Å²) in [6.07, 6.45) is 12.8. The molecule has 0 fully saturated rings. The van der Waals surface area contributed by atoms with Crippen LogP contribution in [0.5, 0.6) is 0 Å². The zero-order valence-electron chi connectivity index (χ0n) is 14.8. The molecule has 0 aromatic carbocycles. The molecule has 1 rings (SSSR count). The topological polar surface area (TPSA) is 4.93 Å². The second kappa shape index (κ2) is 8.60. The van der Waals surface area contributed by atoms with Crippen LogP contribution in [0.3, 0.4) is 0 Å². The van der Waals surface area contributed by atoms with Crippen LogP contribution in [-0.2, 0) is 12.5 Å². The minimum Gasteiger partial charge on any atom is -0.351 e. The van der Waals surface area contributed by atoms with Gasteiger partial charge in [0, 0.05) is 24.2 Å². The van der Waals surface area contributed by atoms with E-state index in [4.69, 9.17) is 0 Å². The zero-order valence-corrected chi connectivity index (χ0v) is 14.8. The van der Waals surface area contributed by atoms with Crippen LogP contribution < -0.4 is 0 Å². The summed E-state index contributed by atoms with van der Waals surface area (Å²) in [5.74, 6) is 0.0204. The van der Waals surface area contributed by atoms with Crippen molar-refractivity contribution in [2.45, 2.75) is 90.9 Å². The first-order chi connectivity index (χ1) is 9.96. The van der Waals surface area contributed by atoms with Gasteiger partial charge in [-0.05, 0) is 19.8 Å². The molecule has 1 atom stereocenters. The van der Waals surface area contributed by atoms with Gasteiger partial charge in [0.05, 0.1) is 5.69 Å². The van der Waals surface area contributed by atoms with Gasteiger partial charge in [0.25, 0.3) is 0 Å². The first-order valence-electron chi connectivity index (χ1n) is 8.78. The van der Waals surface area contributed by atoms with E-state index in [1.165, 1.54) is 44.9 Å². The van der Waals surface area contributed by atoms with Gasteiger partial charge in [-0.1, -0.05) is 65.7 Å². The molecule has 2 heteroatoms. The summed E-state index contributed by atoms with van der Waals surface area (Å²) in [5, 5.41) is 0. The molecule has 21 heavy (non-hydrogen) atoms. The molecule has 0 radical (unpaired) electrons. The fourth-order valence-corrected chi connectivity index (χ4v) is 3.51. The average molecular weight is 295 g/mol. The molecule has 0 bridgehead atoms. The molecule has 0 spiro atoms. The molecule has 1 heterocycles. The van der Waals surface area contributed by atoms with Crippen molar-refractivity contribution in [3.63, 3.8) is 0 Å². The lowest BCUT2D eigenvalue weighted by Gasteiger charge is -2.31. The normalized spacial score (nSPS) is 14.4. The highest BCUT2D eigenvalue weighted by Crippen LogP contribution is 2.38. The van der Waals surface area contributed by atoms with Gasteiger partial charge in [-0.25, -0.2) is 4.39 Å². The summed E-state index contributed by atoms with van der Waals surface area (Å²) in [6.45, 7) is 8.61. The number of nitrogens with zero attached hydrogens (tertiary/aromatic N) is 1. The highest BCUT2D eigenvalue weighted by atomic mass is 19.1. The predicted molar refractivity (Wildman–Crippen MR) is 90.4 cm³/mol. The van der Waals surface area contributed by atoms with Gasteiger partial charge in [-0.15, -0.1) is 0 Å². The quantitative estimate of drug-likeness (QED) is 0.448. The van der Waals surface area contributed by atoms with Crippen LogP contribution in [0.2, 0.25) is 0 Å². The van der Waals surface area contributed by atoms with E-state index in [1.54, 1.807) is 0 Å². The SMILES string of the molecule is CCCCCCC(C)(CCCCC)c1c(F)c(C)cn1C. The fourth-order valence-electron chi connectivity index (χ4n) is 3.51. The Bertz CT molecular complexity index is 421. The number of rotatable bonds is 10. The molecule has 1 aromatic rings. The maximum atomic E-state index is 14.6. The molecule has 0 aliphatic carbocycles. The van der Waals surface area contributed by atoms with Crippen molar-refractivity contribution >= 4 is 0 Å². The van der Waals surface area contributed by atoms with E-state index < -0.39 is 0 Å². The Morgan fingerprint density at radius 1 is 1.00 bits per heavy atom. The summed E-state index contributed by atoms with van der Waals surface area (Å²) in [4.78, 5) is 0. The van der Waals surface area contributed by atoms with Crippen molar-refractivity contribution in [1.82, 2.24) is 4.57 Å². The number of hydrogen-bond donors (Lipinski definition) is 0. The maximum absolute atomic E-state index is 14.6. The van der Waals surface area contributed by atoms with Crippen LogP contribution in [-0.4, -0.2) is 4.57 Å². The van der Waals surface area contributed by atoms with E-state index in [0.29, 0.717) is 0 Å². The van der Waals surface area contributed by atoms with Crippen molar-refractivity contribution in [3.05, 3.63) is 23.3 Å². The van der Waals surface area contributed by atoms with Crippen LogP contribution in [0.15, 0.2) is 6.20 Å². The molecule has 0 saturated carbocycles. The number of halogens is 1. The monoisotopic (exact) mass is 295 g/mol. The van der Waals surface area contributed by atoms with Crippen molar-refractivity contribution in [2.24, 2.45) is 7.05 Å². The zero-order chi connectivity index (χ0) is 15.9. The van der Waals surface area contributed by atoms with E-state index in [9.17, 15) is 4.39 Å². The molecular weight excluding hydrogens is 261 g/mol. The van der Waals surface area contributed by atoms with Crippen molar-refractivity contribution < 1.29 is 4.39 Å². The van der Waals surface area contributed by atoms with Gasteiger partial charge in [0.15, 0.2) is 0 Å². The Kier molecular flexibility index (Phi) is 7.48. The van der Waals surface area contributed by atoms with Gasteiger partial charge < -0.3 is 4.57 Å². The second-order valence-corrected chi connectivity index (χ2v) is 6.91. The van der Waals surface area contributed by atoms with E-state index in [0.717, 1.165) is 24.1 Å². The molecule has 122 valence electrons. The third kappa shape index (κ3) is 4.86.